The molecule has 0 atom stereocenters. The molecule has 0 fully saturated rings. The number of hydrogen-bond acceptors (Lipinski definition) is 6. The molecule has 1 N–H and O–H groups in total. The summed E-state index contributed by atoms with van der Waals surface area (Å²) in [7, 11) is 6.13. The lowest BCUT2D eigenvalue weighted by atomic mass is 10.2. The van der Waals surface area contributed by atoms with Gasteiger partial charge in [0.25, 0.3) is 11.5 Å². The molecule has 0 unspecified atom stereocenters. The van der Waals surface area contributed by atoms with Crippen molar-refractivity contribution in [2.24, 2.45) is 14.1 Å². The second-order valence-electron chi connectivity index (χ2n) is 5.35. The van der Waals surface area contributed by atoms with E-state index in [1.54, 1.807) is 14.1 Å². The summed E-state index contributed by atoms with van der Waals surface area (Å²) < 4.78 is 7.94. The van der Waals surface area contributed by atoms with Crippen LogP contribution in [-0.4, -0.2) is 39.3 Å². The Kier molecular flexibility index (Phi) is 3.20. The molecule has 1 amide bonds. The third kappa shape index (κ3) is 2.08. The van der Waals surface area contributed by atoms with E-state index in [9.17, 15) is 14.4 Å². The maximum atomic E-state index is 12.3. The van der Waals surface area contributed by atoms with Crippen LogP contribution in [0.1, 0.15) is 10.4 Å². The number of nitrogens with one attached hydrogen (secondary N) is 1. The third-order valence-corrected chi connectivity index (χ3v) is 3.67. The molecule has 2 aromatic heterocycles. The number of amides is 1. The number of hydrogen-bond donors (Lipinski definition) is 1. The fourth-order valence-electron chi connectivity index (χ4n) is 2.27. The largest absolute Gasteiger partial charge is 0.446 e. The highest BCUT2D eigenvalue weighted by Gasteiger charge is 2.29. The lowest BCUT2D eigenvalue weighted by Gasteiger charge is -2.24. The van der Waals surface area contributed by atoms with Crippen LogP contribution in [-0.2, 0) is 14.1 Å². The maximum Gasteiger partial charge on any atom is 0.310 e. The molecule has 120 valence electrons. The van der Waals surface area contributed by atoms with Crippen LogP contribution in [0.5, 0.6) is 11.5 Å². The van der Waals surface area contributed by atoms with Crippen molar-refractivity contribution in [2.45, 2.75) is 0 Å². The Morgan fingerprint density at radius 2 is 1.78 bits per heavy atom. The molecule has 0 aromatic carbocycles. The molecule has 0 saturated carbocycles. The highest BCUT2D eigenvalue weighted by Crippen LogP contribution is 2.40. The van der Waals surface area contributed by atoms with Gasteiger partial charge in [-0.3, -0.25) is 19.4 Å². The number of anilines is 2. The minimum Gasteiger partial charge on any atom is -0.446 e. The summed E-state index contributed by atoms with van der Waals surface area (Å²) in [5, 5.41) is 2.85. The standard InChI is InChI=1S/C14H15N5O4/c1-17(2)12(20)7-5-15-6-8-10(7)23-11-9(16-8)13(21)18(3)19(4)14(11)22/h5-6,16H,1-4H3. The lowest BCUT2D eigenvalue weighted by Crippen LogP contribution is -2.38. The first-order valence-corrected chi connectivity index (χ1v) is 6.77. The molecular weight excluding hydrogens is 302 g/mol. The molecule has 9 nitrogen and oxygen atoms in total. The van der Waals surface area contributed by atoms with Crippen LogP contribution in [0.4, 0.5) is 11.4 Å². The second kappa shape index (κ2) is 4.97. The number of aromatic nitrogens is 3. The van der Waals surface area contributed by atoms with E-state index in [-0.39, 0.29) is 28.7 Å². The van der Waals surface area contributed by atoms with E-state index in [1.165, 1.54) is 36.1 Å². The molecule has 0 spiro atoms. The van der Waals surface area contributed by atoms with Gasteiger partial charge in [-0.2, -0.15) is 0 Å². The first kappa shape index (κ1) is 14.8. The summed E-state index contributed by atoms with van der Waals surface area (Å²) in [5.41, 5.74) is -0.319. The number of ether oxygens (including phenoxy) is 1. The van der Waals surface area contributed by atoms with E-state index in [1.807, 2.05) is 0 Å². The van der Waals surface area contributed by atoms with Crippen molar-refractivity contribution in [3.63, 3.8) is 0 Å². The van der Waals surface area contributed by atoms with Gasteiger partial charge in [0.1, 0.15) is 11.3 Å². The van der Waals surface area contributed by atoms with Crippen LogP contribution in [0.3, 0.4) is 0 Å². The Hall–Kier alpha value is -3.10. The first-order chi connectivity index (χ1) is 10.8. The van der Waals surface area contributed by atoms with Gasteiger partial charge in [0.2, 0.25) is 5.75 Å². The van der Waals surface area contributed by atoms with Gasteiger partial charge in [0.05, 0.1) is 6.20 Å². The Labute approximate surface area is 130 Å². The van der Waals surface area contributed by atoms with Gasteiger partial charge in [0.15, 0.2) is 11.4 Å². The Balaban J connectivity index is 2.24. The number of fused-ring (bicyclic) bond motifs is 2. The summed E-state index contributed by atoms with van der Waals surface area (Å²) in [6.45, 7) is 0. The quantitative estimate of drug-likeness (QED) is 0.680. The predicted molar refractivity (Wildman–Crippen MR) is 82.5 cm³/mol. The Morgan fingerprint density at radius 1 is 1.13 bits per heavy atom. The van der Waals surface area contributed by atoms with Crippen molar-refractivity contribution in [1.82, 2.24) is 19.2 Å². The van der Waals surface area contributed by atoms with Crippen molar-refractivity contribution >= 4 is 17.3 Å². The second-order valence-corrected chi connectivity index (χ2v) is 5.35. The highest BCUT2D eigenvalue weighted by molar-refractivity contribution is 5.99. The molecular formula is C14H15N5O4. The molecule has 1 aliphatic rings. The maximum absolute atomic E-state index is 12.3. The van der Waals surface area contributed by atoms with Crippen molar-refractivity contribution in [3.8, 4) is 11.5 Å². The van der Waals surface area contributed by atoms with E-state index in [0.29, 0.717) is 5.69 Å². The van der Waals surface area contributed by atoms with Gasteiger partial charge >= 0.3 is 5.56 Å². The van der Waals surface area contributed by atoms with Crippen molar-refractivity contribution in [1.29, 1.82) is 0 Å². The number of nitrogens with zero attached hydrogens (tertiary/aromatic N) is 4. The number of pyridine rings is 1. The highest BCUT2D eigenvalue weighted by atomic mass is 16.5. The van der Waals surface area contributed by atoms with E-state index >= 15 is 0 Å². The van der Waals surface area contributed by atoms with Crippen molar-refractivity contribution in [2.75, 3.05) is 19.4 Å². The molecule has 23 heavy (non-hydrogen) atoms. The van der Waals surface area contributed by atoms with Crippen LogP contribution in [0.15, 0.2) is 22.0 Å². The smallest absolute Gasteiger partial charge is 0.310 e. The molecule has 3 heterocycles. The minimum atomic E-state index is -0.486. The van der Waals surface area contributed by atoms with Gasteiger partial charge in [0, 0.05) is 34.4 Å². The molecule has 0 bridgehead atoms. The van der Waals surface area contributed by atoms with Gasteiger partial charge in [-0.1, -0.05) is 0 Å². The van der Waals surface area contributed by atoms with E-state index < -0.39 is 11.1 Å². The van der Waals surface area contributed by atoms with Crippen LogP contribution < -0.4 is 21.2 Å². The first-order valence-electron chi connectivity index (χ1n) is 6.77. The number of carbonyl (C=O) groups is 1. The third-order valence-electron chi connectivity index (χ3n) is 3.67. The SMILES string of the molecule is CN(C)C(=O)c1cncc2c1Oc1c(c(=O)n(C)n(C)c1=O)N2. The zero-order valence-electron chi connectivity index (χ0n) is 13.1. The van der Waals surface area contributed by atoms with Crippen LogP contribution >= 0.6 is 0 Å². The summed E-state index contributed by atoms with van der Waals surface area (Å²) in [4.78, 5) is 42.2. The lowest BCUT2D eigenvalue weighted by molar-refractivity contribution is 0.0824. The van der Waals surface area contributed by atoms with Crippen molar-refractivity contribution in [3.05, 3.63) is 38.7 Å². The minimum absolute atomic E-state index is 0.0272. The summed E-state index contributed by atoms with van der Waals surface area (Å²) in [5.74, 6) is -0.279. The molecule has 1 aliphatic heterocycles. The predicted octanol–water partition coefficient (Wildman–Crippen LogP) is 0.0301. The van der Waals surface area contributed by atoms with Crippen LogP contribution in [0.2, 0.25) is 0 Å². The van der Waals surface area contributed by atoms with Gasteiger partial charge in [-0.25, -0.2) is 9.36 Å². The van der Waals surface area contributed by atoms with Crippen LogP contribution in [0, 0.1) is 0 Å². The van der Waals surface area contributed by atoms with E-state index in [2.05, 4.69) is 10.3 Å². The van der Waals surface area contributed by atoms with Crippen molar-refractivity contribution < 1.29 is 9.53 Å². The Bertz CT molecular complexity index is 941. The van der Waals surface area contributed by atoms with E-state index in [4.69, 9.17) is 4.74 Å². The molecule has 9 heteroatoms. The summed E-state index contributed by atoms with van der Waals surface area (Å²) >= 11 is 0. The molecule has 3 rings (SSSR count). The van der Waals surface area contributed by atoms with Crippen LogP contribution in [0.25, 0.3) is 0 Å². The zero-order valence-corrected chi connectivity index (χ0v) is 13.1. The summed E-state index contributed by atoms with van der Waals surface area (Å²) in [6, 6.07) is 0. The molecule has 0 radical (unpaired) electrons. The fourth-order valence-corrected chi connectivity index (χ4v) is 2.27. The van der Waals surface area contributed by atoms with Gasteiger partial charge in [-0.15, -0.1) is 0 Å². The fraction of sp³-hybridized carbons (Fsp3) is 0.286. The molecule has 0 aliphatic carbocycles. The molecule has 2 aromatic rings. The monoisotopic (exact) mass is 317 g/mol. The molecule has 0 saturated heterocycles. The average molecular weight is 317 g/mol. The normalized spacial score (nSPS) is 11.8. The zero-order chi connectivity index (χ0) is 16.9. The summed E-state index contributed by atoms with van der Waals surface area (Å²) in [6.07, 6.45) is 2.79. The topological polar surface area (TPSA) is 98.5 Å². The average Bonchev–Trinajstić information content (AvgIpc) is 2.55. The van der Waals surface area contributed by atoms with Gasteiger partial charge < -0.3 is 15.0 Å². The number of carbonyl (C=O) groups excluding carboxylic acids is 1. The number of rotatable bonds is 1. The van der Waals surface area contributed by atoms with E-state index in [0.717, 1.165) is 4.68 Å². The Morgan fingerprint density at radius 3 is 2.43 bits per heavy atom. The van der Waals surface area contributed by atoms with Gasteiger partial charge in [-0.05, 0) is 0 Å².